The quantitative estimate of drug-likeness (QED) is 0.120. The molecule has 0 bridgehead atoms. The largest absolute Gasteiger partial charge is 0.524 e. The molecule has 1 aliphatic carbocycles. The number of benzene rings is 2. The van der Waals surface area contributed by atoms with Crippen LogP contribution in [-0.2, 0) is 14.1 Å². The van der Waals surface area contributed by atoms with E-state index in [-0.39, 0.29) is 58.2 Å². The Morgan fingerprint density at radius 1 is 1.14 bits per heavy atom. The van der Waals surface area contributed by atoms with Crippen LogP contribution in [0.15, 0.2) is 42.6 Å². The number of imidazole rings is 1. The Hall–Kier alpha value is -5.65. The van der Waals surface area contributed by atoms with Crippen LogP contribution < -0.4 is 25.4 Å². The van der Waals surface area contributed by atoms with E-state index in [0.29, 0.717) is 23.7 Å². The third-order valence-electron chi connectivity index (χ3n) is 8.47. The summed E-state index contributed by atoms with van der Waals surface area (Å²) in [5, 5.41) is 43.8. The van der Waals surface area contributed by atoms with Gasteiger partial charge < -0.3 is 35.2 Å². The van der Waals surface area contributed by atoms with Crippen molar-refractivity contribution in [3.63, 3.8) is 0 Å². The third kappa shape index (κ3) is 7.90. The number of carbonyl (C=O) groups is 2. The van der Waals surface area contributed by atoms with Gasteiger partial charge in [0, 0.05) is 31.1 Å². The van der Waals surface area contributed by atoms with Crippen molar-refractivity contribution in [2.24, 2.45) is 5.92 Å². The maximum absolute atomic E-state index is 12.9. The second kappa shape index (κ2) is 14.3. The van der Waals surface area contributed by atoms with Gasteiger partial charge in [-0.2, -0.15) is 20.0 Å². The standard InChI is InChI=1S/C31H30ClN10O8P/c1-49-31(45)38-22-8-9-41(15-21(22)25(29(43)44)17-2-6-20(7-3-17)50-51(46,47)48)24-11-16(12-33)10-23(26(24)32)37-30-39-27(36-18-4-5-18)28-35-14-19(13-34)42(28)40-30/h2-3,6-7,10-11,14,18,21-22,25H,4-5,8-9,15H2,1H3,(H,38,45)(H,43,44)(H2,46,47,48)(H2,36,37,39,40)/t21-,22-,25?/m0/s1. The summed E-state index contributed by atoms with van der Waals surface area (Å²) in [6.45, 7) is 0.331. The number of aromatic nitrogens is 4. The number of methoxy groups -OCH3 is 1. The lowest BCUT2D eigenvalue weighted by Crippen LogP contribution is -2.54. The van der Waals surface area contributed by atoms with Gasteiger partial charge in [-0.3, -0.25) is 14.6 Å². The molecule has 18 nitrogen and oxygen atoms in total. The summed E-state index contributed by atoms with van der Waals surface area (Å²) in [4.78, 5) is 54.2. The van der Waals surface area contributed by atoms with Crippen molar-refractivity contribution in [1.82, 2.24) is 24.9 Å². The van der Waals surface area contributed by atoms with Gasteiger partial charge in [0.05, 0.1) is 47.3 Å². The van der Waals surface area contributed by atoms with Gasteiger partial charge in [-0.25, -0.2) is 14.3 Å². The number of rotatable bonds is 11. The number of aliphatic carboxylic acids is 1. The van der Waals surface area contributed by atoms with E-state index in [2.05, 4.69) is 41.6 Å². The number of alkyl carbamates (subject to hydrolysis) is 1. The summed E-state index contributed by atoms with van der Waals surface area (Å²) in [5.41, 5.74) is 1.71. The highest BCUT2D eigenvalue weighted by atomic mass is 35.5. The highest BCUT2D eigenvalue weighted by Crippen LogP contribution is 2.42. The van der Waals surface area contributed by atoms with Crippen molar-refractivity contribution in [3.8, 4) is 17.9 Å². The Morgan fingerprint density at radius 2 is 1.88 bits per heavy atom. The lowest BCUT2D eigenvalue weighted by molar-refractivity contribution is -0.140. The van der Waals surface area contributed by atoms with E-state index in [4.69, 9.17) is 26.1 Å². The fourth-order valence-corrected chi connectivity index (χ4v) is 6.69. The first kappa shape index (κ1) is 35.2. The summed E-state index contributed by atoms with van der Waals surface area (Å²) in [6, 6.07) is 12.0. The molecule has 0 spiro atoms. The molecule has 51 heavy (non-hydrogen) atoms. The first-order valence-corrected chi connectivity index (χ1v) is 17.4. The van der Waals surface area contributed by atoms with Crippen LogP contribution in [0.5, 0.6) is 5.75 Å². The molecular formula is C31H30ClN10O8P. The van der Waals surface area contributed by atoms with Gasteiger partial charge in [0.25, 0.3) is 0 Å². The zero-order valence-corrected chi connectivity index (χ0v) is 28.4. The maximum Gasteiger partial charge on any atom is 0.524 e. The normalized spacial score (nSPS) is 17.9. The van der Waals surface area contributed by atoms with Crippen molar-refractivity contribution >= 4 is 60.3 Å². The molecule has 1 saturated heterocycles. The van der Waals surface area contributed by atoms with E-state index >= 15 is 0 Å². The number of ether oxygens (including phenoxy) is 1. The average molecular weight is 737 g/mol. The molecule has 1 aliphatic heterocycles. The second-order valence-electron chi connectivity index (χ2n) is 11.9. The molecule has 264 valence electrons. The number of carbonyl (C=O) groups excluding carboxylic acids is 1. The number of anilines is 4. The number of fused-ring (bicyclic) bond motifs is 1. The zero-order valence-electron chi connectivity index (χ0n) is 26.7. The Kier molecular flexibility index (Phi) is 9.86. The number of nitrogens with zero attached hydrogens (tertiary/aromatic N) is 7. The van der Waals surface area contributed by atoms with Crippen molar-refractivity contribution in [2.75, 3.05) is 35.7 Å². The van der Waals surface area contributed by atoms with E-state index in [1.54, 1.807) is 6.07 Å². The van der Waals surface area contributed by atoms with Gasteiger partial charge in [-0.15, -0.1) is 5.10 Å². The molecule has 6 N–H and O–H groups in total. The van der Waals surface area contributed by atoms with Gasteiger partial charge in [0.1, 0.15) is 11.8 Å². The Morgan fingerprint density at radius 3 is 2.51 bits per heavy atom. The van der Waals surface area contributed by atoms with Gasteiger partial charge in [-0.05, 0) is 49.1 Å². The Balaban J connectivity index is 1.35. The minimum Gasteiger partial charge on any atom is -0.481 e. The van der Waals surface area contributed by atoms with Gasteiger partial charge >= 0.3 is 19.9 Å². The maximum atomic E-state index is 12.9. The molecule has 2 aliphatic rings. The summed E-state index contributed by atoms with van der Waals surface area (Å²) in [6.07, 6.45) is 2.80. The number of carboxylic acid groups (broad SMARTS) is 1. The van der Waals surface area contributed by atoms with Crippen molar-refractivity contribution in [3.05, 3.63) is 64.4 Å². The van der Waals surface area contributed by atoms with Crippen molar-refractivity contribution in [2.45, 2.75) is 37.3 Å². The summed E-state index contributed by atoms with van der Waals surface area (Å²) in [5.74, 6) is -2.93. The molecule has 6 rings (SSSR count). The molecule has 3 atom stereocenters. The number of piperidine rings is 1. The van der Waals surface area contributed by atoms with Crippen LogP contribution >= 0.6 is 19.4 Å². The summed E-state index contributed by atoms with van der Waals surface area (Å²) in [7, 11) is -3.66. The number of phosphoric ester groups is 1. The van der Waals surface area contributed by atoms with Crippen LogP contribution in [0.3, 0.4) is 0 Å². The summed E-state index contributed by atoms with van der Waals surface area (Å²) >= 11 is 6.99. The van der Waals surface area contributed by atoms with Crippen LogP contribution in [0.2, 0.25) is 5.02 Å². The van der Waals surface area contributed by atoms with E-state index < -0.39 is 37.8 Å². The zero-order chi connectivity index (χ0) is 36.4. The second-order valence-corrected chi connectivity index (χ2v) is 13.4. The number of nitrogens with one attached hydrogen (secondary N) is 3. The first-order valence-electron chi connectivity index (χ1n) is 15.5. The highest BCUT2D eigenvalue weighted by molar-refractivity contribution is 7.46. The van der Waals surface area contributed by atoms with E-state index in [0.717, 1.165) is 12.8 Å². The SMILES string of the molecule is COC(=O)N[C@H]1CCN(c2cc(C#N)cc(Nc3nc(NC4CC4)c4ncc(C#N)n4n3)c2Cl)C[C@@H]1C(C(=O)O)c1ccc(OP(=O)(O)O)cc1. The number of hydrogen-bond donors (Lipinski definition) is 6. The van der Waals surface area contributed by atoms with E-state index in [1.165, 1.54) is 48.2 Å². The van der Waals surface area contributed by atoms with Gasteiger partial charge in [0.15, 0.2) is 17.2 Å². The fourth-order valence-electron chi connectivity index (χ4n) is 6.02. The predicted molar refractivity (Wildman–Crippen MR) is 181 cm³/mol. The molecule has 20 heteroatoms. The number of hydrogen-bond acceptors (Lipinski definition) is 13. The van der Waals surface area contributed by atoms with Crippen LogP contribution in [0.25, 0.3) is 5.65 Å². The molecular weight excluding hydrogens is 707 g/mol. The monoisotopic (exact) mass is 736 g/mol. The molecule has 3 heterocycles. The molecule has 1 saturated carbocycles. The van der Waals surface area contributed by atoms with E-state index in [9.17, 15) is 29.8 Å². The molecule has 4 aromatic rings. The lowest BCUT2D eigenvalue weighted by Gasteiger charge is -2.42. The highest BCUT2D eigenvalue weighted by Gasteiger charge is 2.41. The average Bonchev–Trinajstić information content (AvgIpc) is 3.81. The lowest BCUT2D eigenvalue weighted by atomic mass is 9.77. The van der Waals surface area contributed by atoms with Crippen LogP contribution in [0.4, 0.5) is 27.9 Å². The van der Waals surface area contributed by atoms with Crippen LogP contribution in [0, 0.1) is 28.6 Å². The minimum absolute atomic E-state index is 0.0406. The molecule has 2 aromatic heterocycles. The molecule has 1 unspecified atom stereocenters. The molecule has 1 amide bonds. The number of phosphoric acid groups is 1. The van der Waals surface area contributed by atoms with Gasteiger partial charge in [0.2, 0.25) is 5.95 Å². The van der Waals surface area contributed by atoms with Crippen molar-refractivity contribution in [1.29, 1.82) is 10.5 Å². The molecule has 2 aromatic carbocycles. The number of amides is 1. The predicted octanol–water partition coefficient (Wildman–Crippen LogP) is 3.73. The topological polar surface area (TPSA) is 260 Å². The first-order chi connectivity index (χ1) is 24.4. The van der Waals surface area contributed by atoms with E-state index in [1.807, 2.05) is 11.0 Å². The number of carboxylic acids is 1. The van der Waals surface area contributed by atoms with Gasteiger partial charge in [-0.1, -0.05) is 23.7 Å². The van der Waals surface area contributed by atoms with Crippen LogP contribution in [0.1, 0.15) is 42.0 Å². The fraction of sp³-hybridized carbons (Fsp3) is 0.323. The van der Waals surface area contributed by atoms with Crippen LogP contribution in [-0.4, -0.2) is 78.8 Å². The smallest absolute Gasteiger partial charge is 0.481 e. The third-order valence-corrected chi connectivity index (χ3v) is 9.31. The Bertz CT molecular complexity index is 2130. The Labute approximate surface area is 294 Å². The van der Waals surface area contributed by atoms with Crippen molar-refractivity contribution < 1.29 is 38.3 Å². The molecule has 0 radical (unpaired) electrons. The molecule has 2 fully saturated rings. The number of nitriles is 2. The number of halogens is 1. The minimum atomic E-state index is -4.85. The summed E-state index contributed by atoms with van der Waals surface area (Å²) < 4.78 is 22.1.